The second-order valence-corrected chi connectivity index (χ2v) is 3.98. The van der Waals surface area contributed by atoms with Gasteiger partial charge in [0, 0.05) is 6.42 Å². The molecule has 0 saturated heterocycles. The lowest BCUT2D eigenvalue weighted by Gasteiger charge is -2.05. The van der Waals surface area contributed by atoms with Crippen LogP contribution in [0.25, 0.3) is 0 Å². The Morgan fingerprint density at radius 1 is 1.14 bits per heavy atom. The highest BCUT2D eigenvalue weighted by Gasteiger charge is 2.11. The van der Waals surface area contributed by atoms with Gasteiger partial charge < -0.3 is 5.11 Å². The van der Waals surface area contributed by atoms with Crippen LogP contribution < -0.4 is 0 Å². The molecule has 0 saturated carbocycles. The van der Waals surface area contributed by atoms with Crippen LogP contribution in [-0.4, -0.2) is 17.0 Å². The molecule has 0 rings (SSSR count). The molecule has 0 unspecified atom stereocenters. The molecule has 0 radical (unpaired) electrons. The van der Waals surface area contributed by atoms with Gasteiger partial charge in [-0.1, -0.05) is 23.3 Å². The Morgan fingerprint density at radius 3 is 2.07 bits per heavy atom. The zero-order valence-corrected chi connectivity index (χ0v) is 9.50. The van der Waals surface area contributed by atoms with Crippen molar-refractivity contribution in [2.45, 2.75) is 46.6 Å². The summed E-state index contributed by atoms with van der Waals surface area (Å²) in [7, 11) is 0. The van der Waals surface area contributed by atoms with Crippen LogP contribution in [0.2, 0.25) is 0 Å². The van der Waals surface area contributed by atoms with Gasteiger partial charge in [0.15, 0.2) is 5.78 Å². The van der Waals surface area contributed by atoms with E-state index in [1.807, 2.05) is 39.8 Å². The number of rotatable bonds is 5. The maximum atomic E-state index is 11.3. The Hall–Kier alpha value is -0.890. The second-order valence-electron chi connectivity index (χ2n) is 3.98. The molecule has 0 aliphatic heterocycles. The Morgan fingerprint density at radius 2 is 1.64 bits per heavy atom. The van der Waals surface area contributed by atoms with Crippen LogP contribution in [0.4, 0.5) is 0 Å². The van der Waals surface area contributed by atoms with Gasteiger partial charge in [0.05, 0.1) is 0 Å². The van der Waals surface area contributed by atoms with E-state index >= 15 is 0 Å². The van der Waals surface area contributed by atoms with Crippen molar-refractivity contribution < 1.29 is 9.90 Å². The molecule has 0 aliphatic carbocycles. The molecule has 0 spiro atoms. The van der Waals surface area contributed by atoms with Gasteiger partial charge in [-0.05, 0) is 34.1 Å². The molecule has 80 valence electrons. The molecule has 0 aliphatic rings. The normalized spacial score (nSPS) is 11.8. The molecular formula is C12H20O2. The fourth-order valence-electron chi connectivity index (χ4n) is 0.920. The number of aliphatic hydroxyl groups excluding tert-OH is 1. The molecule has 2 nitrogen and oxygen atoms in total. The number of carbonyl (C=O) groups excluding carboxylic acids is 1. The summed E-state index contributed by atoms with van der Waals surface area (Å²) < 4.78 is 0. The summed E-state index contributed by atoms with van der Waals surface area (Å²) in [6, 6.07) is 0. The molecule has 0 fully saturated rings. The van der Waals surface area contributed by atoms with Crippen molar-refractivity contribution in [3.63, 3.8) is 0 Å². The zero-order valence-electron chi connectivity index (χ0n) is 9.50. The third-order valence-electron chi connectivity index (χ3n) is 1.83. The summed E-state index contributed by atoms with van der Waals surface area (Å²) in [4.78, 5) is 11.3. The Labute approximate surface area is 86.3 Å². The molecule has 0 heterocycles. The van der Waals surface area contributed by atoms with E-state index in [0.717, 1.165) is 11.1 Å². The predicted molar refractivity (Wildman–Crippen MR) is 59.1 cm³/mol. The Balaban J connectivity index is 4.01. The van der Waals surface area contributed by atoms with Gasteiger partial charge in [0.1, 0.15) is 6.10 Å². The molecule has 0 aromatic rings. The maximum absolute atomic E-state index is 11.3. The quantitative estimate of drug-likeness (QED) is 0.686. The van der Waals surface area contributed by atoms with Crippen molar-refractivity contribution >= 4 is 5.78 Å². The highest BCUT2D eigenvalue weighted by molar-refractivity contribution is 5.84. The lowest BCUT2D eigenvalue weighted by molar-refractivity contribution is -0.126. The number of ketones is 1. The van der Waals surface area contributed by atoms with Gasteiger partial charge in [-0.15, -0.1) is 0 Å². The van der Waals surface area contributed by atoms with E-state index in [4.69, 9.17) is 0 Å². The number of hydrogen-bond acceptors (Lipinski definition) is 2. The minimum absolute atomic E-state index is 0.108. The monoisotopic (exact) mass is 196 g/mol. The zero-order chi connectivity index (χ0) is 11.1. The summed E-state index contributed by atoms with van der Waals surface area (Å²) >= 11 is 0. The molecule has 1 atom stereocenters. The maximum Gasteiger partial charge on any atom is 0.165 e. The van der Waals surface area contributed by atoms with E-state index in [9.17, 15) is 9.90 Å². The van der Waals surface area contributed by atoms with E-state index in [0.29, 0.717) is 12.8 Å². The highest BCUT2D eigenvalue weighted by Crippen LogP contribution is 2.03. The smallest absolute Gasteiger partial charge is 0.165 e. The van der Waals surface area contributed by atoms with Crippen LogP contribution in [0.1, 0.15) is 40.5 Å². The van der Waals surface area contributed by atoms with Crippen molar-refractivity contribution in [3.8, 4) is 0 Å². The first-order chi connectivity index (χ1) is 6.43. The first kappa shape index (κ1) is 13.1. The lowest BCUT2D eigenvalue weighted by Crippen LogP contribution is -2.18. The summed E-state index contributed by atoms with van der Waals surface area (Å²) in [5.74, 6) is -0.108. The van der Waals surface area contributed by atoms with Gasteiger partial charge in [0.25, 0.3) is 0 Å². The van der Waals surface area contributed by atoms with Gasteiger partial charge in [-0.25, -0.2) is 0 Å². The highest BCUT2D eigenvalue weighted by atomic mass is 16.3. The molecule has 0 amide bonds. The molecule has 2 heteroatoms. The van der Waals surface area contributed by atoms with Crippen LogP contribution in [-0.2, 0) is 4.79 Å². The number of hydrogen-bond donors (Lipinski definition) is 1. The second kappa shape index (κ2) is 6.55. The number of carbonyl (C=O) groups is 1. The molecule has 0 aromatic heterocycles. The fourth-order valence-corrected chi connectivity index (χ4v) is 0.920. The number of aliphatic hydroxyl groups is 1. The van der Waals surface area contributed by atoms with E-state index < -0.39 is 6.10 Å². The largest absolute Gasteiger partial charge is 0.385 e. The minimum Gasteiger partial charge on any atom is -0.385 e. The molecule has 0 aromatic carbocycles. The first-order valence-electron chi connectivity index (χ1n) is 4.91. The van der Waals surface area contributed by atoms with Crippen molar-refractivity contribution in [2.24, 2.45) is 0 Å². The third kappa shape index (κ3) is 6.61. The predicted octanol–water partition coefficient (Wildman–Crippen LogP) is 2.63. The van der Waals surface area contributed by atoms with Gasteiger partial charge in [-0.3, -0.25) is 4.79 Å². The van der Waals surface area contributed by atoms with Crippen LogP contribution >= 0.6 is 0 Å². The number of allylic oxidation sites excluding steroid dienone is 3. The SMILES string of the molecule is CC(C)=CCC(=O)[C@@H](O)CC=C(C)C. The summed E-state index contributed by atoms with van der Waals surface area (Å²) in [5, 5.41) is 9.46. The minimum atomic E-state index is -0.847. The first-order valence-corrected chi connectivity index (χ1v) is 4.91. The Kier molecular flexibility index (Phi) is 6.13. The van der Waals surface area contributed by atoms with Crippen LogP contribution in [0.5, 0.6) is 0 Å². The van der Waals surface area contributed by atoms with Crippen LogP contribution in [0.15, 0.2) is 23.3 Å². The van der Waals surface area contributed by atoms with Crippen LogP contribution in [0, 0.1) is 0 Å². The average molecular weight is 196 g/mol. The average Bonchev–Trinajstić information content (AvgIpc) is 2.09. The molecule has 1 N–H and O–H groups in total. The van der Waals surface area contributed by atoms with E-state index in [1.54, 1.807) is 0 Å². The summed E-state index contributed by atoms with van der Waals surface area (Å²) in [5.41, 5.74) is 2.23. The van der Waals surface area contributed by atoms with E-state index in [-0.39, 0.29) is 5.78 Å². The molecular weight excluding hydrogens is 176 g/mol. The van der Waals surface area contributed by atoms with Crippen molar-refractivity contribution in [1.82, 2.24) is 0 Å². The van der Waals surface area contributed by atoms with Gasteiger partial charge >= 0.3 is 0 Å². The van der Waals surface area contributed by atoms with E-state index in [2.05, 4.69) is 0 Å². The Bertz CT molecular complexity index is 241. The third-order valence-corrected chi connectivity index (χ3v) is 1.83. The number of Topliss-reactive ketones (excluding diaryl/α,β-unsaturated/α-hetero) is 1. The standard InChI is InChI=1S/C12H20O2/c1-9(2)5-7-11(13)12(14)8-6-10(3)4/h5-6,11,13H,7-8H2,1-4H3/t11-/m0/s1. The van der Waals surface area contributed by atoms with Crippen molar-refractivity contribution in [3.05, 3.63) is 23.3 Å². The summed E-state index contributed by atoms with van der Waals surface area (Å²) in [6.45, 7) is 7.78. The van der Waals surface area contributed by atoms with E-state index in [1.165, 1.54) is 0 Å². The molecule has 0 bridgehead atoms. The van der Waals surface area contributed by atoms with Crippen LogP contribution in [0.3, 0.4) is 0 Å². The fraction of sp³-hybridized carbons (Fsp3) is 0.583. The van der Waals surface area contributed by atoms with Crippen molar-refractivity contribution in [1.29, 1.82) is 0 Å². The molecule has 14 heavy (non-hydrogen) atoms. The van der Waals surface area contributed by atoms with Gasteiger partial charge in [0.2, 0.25) is 0 Å². The topological polar surface area (TPSA) is 37.3 Å². The lowest BCUT2D eigenvalue weighted by atomic mass is 10.1. The summed E-state index contributed by atoms with van der Waals surface area (Å²) in [6.07, 6.45) is 3.64. The van der Waals surface area contributed by atoms with Gasteiger partial charge in [-0.2, -0.15) is 0 Å². The van der Waals surface area contributed by atoms with Crippen molar-refractivity contribution in [2.75, 3.05) is 0 Å².